The van der Waals surface area contributed by atoms with Crippen LogP contribution in [0.1, 0.15) is 36.6 Å². The van der Waals surface area contributed by atoms with Crippen molar-refractivity contribution in [3.8, 4) is 11.1 Å². The van der Waals surface area contributed by atoms with Crippen molar-refractivity contribution in [2.24, 2.45) is 0 Å². The summed E-state index contributed by atoms with van der Waals surface area (Å²) in [4.78, 5) is 0. The Morgan fingerprint density at radius 3 is 2.79 bits per heavy atom. The minimum absolute atomic E-state index is 1.00. The van der Waals surface area contributed by atoms with Crippen molar-refractivity contribution in [3.63, 3.8) is 0 Å². The topological polar surface area (TPSA) is 17.0 Å². The summed E-state index contributed by atoms with van der Waals surface area (Å²) >= 11 is 0. The summed E-state index contributed by atoms with van der Waals surface area (Å²) in [7, 11) is 0. The molecule has 3 aromatic rings. The van der Waals surface area contributed by atoms with Gasteiger partial charge in [-0.05, 0) is 42.2 Å². The highest BCUT2D eigenvalue weighted by atomic mass is 15.0. The molecule has 0 saturated heterocycles. The third-order valence-corrected chi connectivity index (χ3v) is 5.21. The van der Waals surface area contributed by atoms with Gasteiger partial charge in [0.25, 0.3) is 0 Å². The number of aromatic nitrogens is 1. The maximum atomic E-state index is 3.56. The van der Waals surface area contributed by atoms with E-state index in [-0.39, 0.29) is 0 Å². The van der Waals surface area contributed by atoms with Gasteiger partial charge in [-0.3, -0.25) is 0 Å². The van der Waals surface area contributed by atoms with Crippen LogP contribution in [0.3, 0.4) is 0 Å². The minimum atomic E-state index is 1.00. The number of benzene rings is 2. The van der Waals surface area contributed by atoms with Crippen LogP contribution in [0.2, 0.25) is 0 Å². The van der Waals surface area contributed by atoms with Crippen LogP contribution in [0.4, 0.5) is 0 Å². The molecule has 4 rings (SSSR count). The summed E-state index contributed by atoms with van der Waals surface area (Å²) in [5.74, 6) is 0. The highest BCUT2D eigenvalue weighted by Gasteiger charge is 2.19. The van der Waals surface area contributed by atoms with Gasteiger partial charge in [0.1, 0.15) is 0 Å². The molecule has 24 heavy (non-hydrogen) atoms. The highest BCUT2D eigenvalue weighted by molar-refractivity contribution is 5.90. The normalized spacial score (nSPS) is 14.1. The smallest absolute Gasteiger partial charge is 0.0486 e. The Bertz CT molecular complexity index is 873. The highest BCUT2D eigenvalue weighted by Crippen LogP contribution is 2.33. The van der Waals surface area contributed by atoms with E-state index in [1.54, 1.807) is 5.69 Å². The van der Waals surface area contributed by atoms with E-state index in [4.69, 9.17) is 0 Å². The summed E-state index contributed by atoms with van der Waals surface area (Å²) in [6, 6.07) is 15.8. The van der Waals surface area contributed by atoms with Crippen LogP contribution < -0.4 is 5.32 Å². The molecule has 0 aliphatic carbocycles. The lowest BCUT2D eigenvalue weighted by Crippen LogP contribution is -2.24. The third kappa shape index (κ3) is 2.65. The Kier molecular flexibility index (Phi) is 4.15. The first kappa shape index (κ1) is 15.5. The average Bonchev–Trinajstić information content (AvgIpc) is 2.93. The predicted octanol–water partition coefficient (Wildman–Crippen LogP) is 5.06. The van der Waals surface area contributed by atoms with Crippen LogP contribution >= 0.6 is 0 Å². The first-order chi connectivity index (χ1) is 11.8. The molecular weight excluding hydrogens is 292 g/mol. The number of hydrogen-bond acceptors (Lipinski definition) is 1. The molecule has 0 atom stereocenters. The summed E-state index contributed by atoms with van der Waals surface area (Å²) in [6.45, 7) is 7.68. The fourth-order valence-electron chi connectivity index (χ4n) is 3.96. The first-order valence-electron chi connectivity index (χ1n) is 9.19. The van der Waals surface area contributed by atoms with Crippen LogP contribution in [-0.2, 0) is 19.5 Å². The lowest BCUT2D eigenvalue weighted by atomic mass is 9.99. The minimum Gasteiger partial charge on any atom is -0.344 e. The first-order valence-corrected chi connectivity index (χ1v) is 9.19. The number of aryl methyl sites for hydroxylation is 2. The number of unbranched alkanes of at least 4 members (excludes halogenated alkanes) is 1. The molecule has 1 aliphatic heterocycles. The summed E-state index contributed by atoms with van der Waals surface area (Å²) in [6.07, 6.45) is 3.64. The SMILES string of the molecule is CCCCn1c2c(c3cc(-c4cccc(C)c4)ccc31)CNCC2. The Morgan fingerprint density at radius 1 is 1.08 bits per heavy atom. The van der Waals surface area contributed by atoms with E-state index < -0.39 is 0 Å². The van der Waals surface area contributed by atoms with Crippen molar-refractivity contribution >= 4 is 10.9 Å². The van der Waals surface area contributed by atoms with E-state index in [0.29, 0.717) is 0 Å². The van der Waals surface area contributed by atoms with Gasteiger partial charge in [0.05, 0.1) is 0 Å². The van der Waals surface area contributed by atoms with Crippen LogP contribution in [0, 0.1) is 6.92 Å². The maximum Gasteiger partial charge on any atom is 0.0486 e. The quantitative estimate of drug-likeness (QED) is 0.711. The van der Waals surface area contributed by atoms with Gasteiger partial charge >= 0.3 is 0 Å². The molecule has 2 nitrogen and oxygen atoms in total. The number of nitrogens with one attached hydrogen (secondary N) is 1. The second-order valence-corrected chi connectivity index (χ2v) is 6.96. The summed E-state index contributed by atoms with van der Waals surface area (Å²) < 4.78 is 2.58. The lowest BCUT2D eigenvalue weighted by molar-refractivity contribution is 0.576. The van der Waals surface area contributed by atoms with E-state index in [9.17, 15) is 0 Å². The summed E-state index contributed by atoms with van der Waals surface area (Å²) in [5, 5.41) is 4.99. The van der Waals surface area contributed by atoms with E-state index in [1.165, 1.54) is 46.0 Å². The largest absolute Gasteiger partial charge is 0.344 e. The standard InChI is InChI=1S/C22H26N2/c1-3-4-12-24-21-9-8-18(17-7-5-6-16(2)13-17)14-19(21)20-15-23-11-10-22(20)24/h5-9,13-14,23H,3-4,10-12,15H2,1-2H3. The second-order valence-electron chi connectivity index (χ2n) is 6.96. The number of hydrogen-bond donors (Lipinski definition) is 1. The van der Waals surface area contributed by atoms with Crippen molar-refractivity contribution in [2.45, 2.75) is 46.2 Å². The van der Waals surface area contributed by atoms with Crippen molar-refractivity contribution in [3.05, 3.63) is 59.3 Å². The van der Waals surface area contributed by atoms with E-state index in [2.05, 4.69) is 66.2 Å². The van der Waals surface area contributed by atoms with Crippen molar-refractivity contribution in [2.75, 3.05) is 6.54 Å². The van der Waals surface area contributed by atoms with Crippen LogP contribution in [0.25, 0.3) is 22.0 Å². The Balaban J connectivity index is 1.87. The number of fused-ring (bicyclic) bond motifs is 3. The number of nitrogens with zero attached hydrogens (tertiary/aromatic N) is 1. The average molecular weight is 318 g/mol. The molecular formula is C22H26N2. The van der Waals surface area contributed by atoms with E-state index >= 15 is 0 Å². The van der Waals surface area contributed by atoms with Gasteiger partial charge in [-0.25, -0.2) is 0 Å². The van der Waals surface area contributed by atoms with Gasteiger partial charge in [0, 0.05) is 42.7 Å². The Hall–Kier alpha value is -2.06. The van der Waals surface area contributed by atoms with Gasteiger partial charge in [0.2, 0.25) is 0 Å². The zero-order valence-electron chi connectivity index (χ0n) is 14.7. The molecule has 0 amide bonds. The maximum absolute atomic E-state index is 3.56. The molecule has 1 N–H and O–H groups in total. The lowest BCUT2D eigenvalue weighted by Gasteiger charge is -2.16. The van der Waals surface area contributed by atoms with E-state index in [1.807, 2.05) is 0 Å². The molecule has 1 aliphatic rings. The zero-order valence-corrected chi connectivity index (χ0v) is 14.7. The Labute approximate surface area is 144 Å². The van der Waals surface area contributed by atoms with E-state index in [0.717, 1.165) is 26.1 Å². The van der Waals surface area contributed by atoms with Gasteiger partial charge in [-0.2, -0.15) is 0 Å². The molecule has 2 heteroatoms. The van der Waals surface area contributed by atoms with Gasteiger partial charge in [-0.15, -0.1) is 0 Å². The van der Waals surface area contributed by atoms with Crippen molar-refractivity contribution in [1.29, 1.82) is 0 Å². The monoisotopic (exact) mass is 318 g/mol. The van der Waals surface area contributed by atoms with Crippen LogP contribution in [-0.4, -0.2) is 11.1 Å². The number of rotatable bonds is 4. The molecule has 0 bridgehead atoms. The molecule has 0 fully saturated rings. The fourth-order valence-corrected chi connectivity index (χ4v) is 3.96. The fraction of sp³-hybridized carbons (Fsp3) is 0.364. The zero-order chi connectivity index (χ0) is 16.5. The third-order valence-electron chi connectivity index (χ3n) is 5.21. The predicted molar refractivity (Wildman–Crippen MR) is 102 cm³/mol. The van der Waals surface area contributed by atoms with Crippen molar-refractivity contribution < 1.29 is 0 Å². The van der Waals surface area contributed by atoms with Gasteiger partial charge < -0.3 is 9.88 Å². The molecule has 1 aromatic heterocycles. The molecule has 2 heterocycles. The van der Waals surface area contributed by atoms with Gasteiger partial charge in [0.15, 0.2) is 0 Å². The summed E-state index contributed by atoms with van der Waals surface area (Å²) in [5.41, 5.74) is 8.44. The molecule has 0 radical (unpaired) electrons. The molecule has 0 spiro atoms. The second kappa shape index (κ2) is 6.45. The molecule has 0 saturated carbocycles. The molecule has 124 valence electrons. The molecule has 0 unspecified atom stereocenters. The molecule has 2 aromatic carbocycles. The van der Waals surface area contributed by atoms with Crippen LogP contribution in [0.5, 0.6) is 0 Å². The van der Waals surface area contributed by atoms with Gasteiger partial charge in [-0.1, -0.05) is 49.2 Å². The van der Waals surface area contributed by atoms with Crippen molar-refractivity contribution in [1.82, 2.24) is 9.88 Å². The van der Waals surface area contributed by atoms with Crippen LogP contribution in [0.15, 0.2) is 42.5 Å². The Morgan fingerprint density at radius 2 is 1.96 bits per heavy atom.